The Morgan fingerprint density at radius 3 is 2.22 bits per heavy atom. The number of nitrogens with zero attached hydrogens (tertiary/aromatic N) is 2. The van der Waals surface area contributed by atoms with Crippen LogP contribution in [-0.4, -0.2) is 64.7 Å². The Morgan fingerprint density at radius 2 is 1.70 bits per heavy atom. The molecule has 1 atom stereocenters. The van der Waals surface area contributed by atoms with Crippen LogP contribution in [0, 0.1) is 5.92 Å². The number of rotatable bonds is 13. The quantitative estimate of drug-likeness (QED) is 0.405. The lowest BCUT2D eigenvalue weighted by Crippen LogP contribution is -2.52. The number of nitrogens with one attached hydrogen (secondary N) is 1. The molecule has 2 rings (SSSR count). The second-order valence-corrected chi connectivity index (χ2v) is 11.4. The van der Waals surface area contributed by atoms with Crippen molar-refractivity contribution >= 4 is 39.1 Å². The summed E-state index contributed by atoms with van der Waals surface area (Å²) in [6, 6.07) is 10.8. The van der Waals surface area contributed by atoms with Crippen LogP contribution in [0.4, 0.5) is 5.69 Å². The highest BCUT2D eigenvalue weighted by Crippen LogP contribution is 2.34. The molecule has 2 aromatic rings. The van der Waals surface area contributed by atoms with Gasteiger partial charge in [-0.1, -0.05) is 44.5 Å². The first kappa shape index (κ1) is 30.2. The van der Waals surface area contributed by atoms with E-state index in [4.69, 9.17) is 21.1 Å². The van der Waals surface area contributed by atoms with Gasteiger partial charge < -0.3 is 19.7 Å². The first-order valence-electron chi connectivity index (χ1n) is 11.9. The predicted molar refractivity (Wildman–Crippen MR) is 146 cm³/mol. The third-order valence-electron chi connectivity index (χ3n) is 5.67. The molecule has 0 aliphatic heterocycles. The predicted octanol–water partition coefficient (Wildman–Crippen LogP) is 3.70. The van der Waals surface area contributed by atoms with Gasteiger partial charge in [-0.25, -0.2) is 8.42 Å². The van der Waals surface area contributed by atoms with Gasteiger partial charge in [0.05, 0.1) is 26.2 Å². The first-order valence-corrected chi connectivity index (χ1v) is 14.1. The molecule has 0 aliphatic rings. The monoisotopic (exact) mass is 553 g/mol. The van der Waals surface area contributed by atoms with Gasteiger partial charge in [-0.15, -0.1) is 0 Å². The molecule has 0 aliphatic carbocycles. The highest BCUT2D eigenvalue weighted by atomic mass is 35.5. The molecule has 0 radical (unpaired) electrons. The van der Waals surface area contributed by atoms with E-state index in [1.54, 1.807) is 43.3 Å². The van der Waals surface area contributed by atoms with E-state index in [1.807, 2.05) is 13.8 Å². The van der Waals surface area contributed by atoms with E-state index >= 15 is 0 Å². The molecule has 1 unspecified atom stereocenters. The first-order chi connectivity index (χ1) is 17.4. The van der Waals surface area contributed by atoms with Crippen LogP contribution in [0.3, 0.4) is 0 Å². The molecule has 0 spiro atoms. The van der Waals surface area contributed by atoms with E-state index in [-0.39, 0.29) is 29.8 Å². The van der Waals surface area contributed by atoms with Gasteiger partial charge in [-0.3, -0.25) is 13.9 Å². The maximum Gasteiger partial charge on any atom is 0.244 e. The van der Waals surface area contributed by atoms with Crippen LogP contribution >= 0.6 is 11.6 Å². The van der Waals surface area contributed by atoms with E-state index < -0.39 is 28.5 Å². The van der Waals surface area contributed by atoms with Gasteiger partial charge in [0.2, 0.25) is 21.8 Å². The molecule has 37 heavy (non-hydrogen) atoms. The number of sulfonamides is 1. The van der Waals surface area contributed by atoms with Crippen LogP contribution < -0.4 is 19.1 Å². The lowest BCUT2D eigenvalue weighted by atomic mass is 10.1. The molecule has 2 amide bonds. The Balaban J connectivity index is 2.50. The van der Waals surface area contributed by atoms with Crippen molar-refractivity contribution in [2.24, 2.45) is 5.92 Å². The Labute approximate surface area is 224 Å². The van der Waals surface area contributed by atoms with Crippen LogP contribution in [0.15, 0.2) is 42.5 Å². The molecule has 0 heterocycles. The minimum atomic E-state index is -3.92. The van der Waals surface area contributed by atoms with Gasteiger partial charge >= 0.3 is 0 Å². The van der Waals surface area contributed by atoms with E-state index in [0.717, 1.165) is 16.1 Å². The lowest BCUT2D eigenvalue weighted by molar-refractivity contribution is -0.140. The van der Waals surface area contributed by atoms with Gasteiger partial charge in [0.1, 0.15) is 24.1 Å². The van der Waals surface area contributed by atoms with Crippen LogP contribution in [0.1, 0.15) is 32.8 Å². The molecule has 0 saturated heterocycles. The summed E-state index contributed by atoms with van der Waals surface area (Å²) >= 11 is 6.02. The van der Waals surface area contributed by atoms with Crippen molar-refractivity contribution in [2.75, 3.05) is 37.9 Å². The Bertz CT molecular complexity index is 1170. The molecule has 0 fully saturated rings. The Kier molecular flexibility index (Phi) is 11.1. The number of carbonyl (C=O) groups is 2. The topological polar surface area (TPSA) is 105 Å². The van der Waals surface area contributed by atoms with E-state index in [9.17, 15) is 18.0 Å². The smallest absolute Gasteiger partial charge is 0.244 e. The number of carbonyl (C=O) groups excluding carboxylic acids is 2. The maximum absolute atomic E-state index is 13.8. The fourth-order valence-electron chi connectivity index (χ4n) is 3.71. The van der Waals surface area contributed by atoms with Gasteiger partial charge in [0.15, 0.2) is 0 Å². The van der Waals surface area contributed by atoms with Crippen molar-refractivity contribution < 1.29 is 27.5 Å². The molecule has 204 valence electrons. The lowest BCUT2D eigenvalue weighted by Gasteiger charge is -2.33. The fourth-order valence-corrected chi connectivity index (χ4v) is 4.69. The minimum absolute atomic E-state index is 0.0937. The third kappa shape index (κ3) is 8.53. The van der Waals surface area contributed by atoms with E-state index in [0.29, 0.717) is 23.7 Å². The molecule has 0 bridgehead atoms. The summed E-state index contributed by atoms with van der Waals surface area (Å²) in [6.45, 7) is 5.77. The van der Waals surface area contributed by atoms with E-state index in [1.165, 1.54) is 25.2 Å². The van der Waals surface area contributed by atoms with Crippen molar-refractivity contribution in [3.05, 3.63) is 53.1 Å². The molecular formula is C26H36ClN3O6S. The number of amides is 2. The highest BCUT2D eigenvalue weighted by molar-refractivity contribution is 7.92. The van der Waals surface area contributed by atoms with Crippen LogP contribution in [0.5, 0.6) is 11.5 Å². The molecule has 0 saturated carbocycles. The van der Waals surface area contributed by atoms with Crippen molar-refractivity contribution in [2.45, 2.75) is 39.8 Å². The van der Waals surface area contributed by atoms with Crippen molar-refractivity contribution in [3.63, 3.8) is 0 Å². The van der Waals surface area contributed by atoms with E-state index in [2.05, 4.69) is 5.32 Å². The van der Waals surface area contributed by atoms with Gasteiger partial charge in [-0.2, -0.15) is 0 Å². The third-order valence-corrected chi connectivity index (χ3v) is 7.05. The van der Waals surface area contributed by atoms with Gasteiger partial charge in [-0.05, 0) is 42.2 Å². The number of hydrogen-bond donors (Lipinski definition) is 1. The van der Waals surface area contributed by atoms with Gasteiger partial charge in [0.25, 0.3) is 0 Å². The zero-order valence-electron chi connectivity index (χ0n) is 22.2. The van der Waals surface area contributed by atoms with Gasteiger partial charge in [0, 0.05) is 24.2 Å². The summed E-state index contributed by atoms with van der Waals surface area (Å²) in [5, 5.41) is 3.43. The minimum Gasteiger partial charge on any atom is -0.497 e. The number of hydrogen-bond acceptors (Lipinski definition) is 6. The normalized spacial score (nSPS) is 12.1. The summed E-state index contributed by atoms with van der Waals surface area (Å²) in [5.41, 5.74) is 0.902. The number of halogens is 1. The second-order valence-electron chi connectivity index (χ2n) is 9.02. The SMILES string of the molecule is CCC(C(=O)NCC(C)C)N(Cc1ccc(Cl)cc1)C(=O)CN(c1cc(OC)ccc1OC)S(C)(=O)=O. The Hall–Kier alpha value is -2.98. The molecule has 1 N–H and O–H groups in total. The summed E-state index contributed by atoms with van der Waals surface area (Å²) in [7, 11) is -1.06. The summed E-state index contributed by atoms with van der Waals surface area (Å²) < 4.78 is 37.3. The average Bonchev–Trinajstić information content (AvgIpc) is 2.85. The molecule has 9 nitrogen and oxygen atoms in total. The van der Waals surface area contributed by atoms with Crippen LogP contribution in [0.2, 0.25) is 5.02 Å². The molecule has 11 heteroatoms. The molecular weight excluding hydrogens is 518 g/mol. The Morgan fingerprint density at radius 1 is 1.05 bits per heavy atom. The average molecular weight is 554 g/mol. The number of ether oxygens (including phenoxy) is 2. The molecule has 0 aromatic heterocycles. The highest BCUT2D eigenvalue weighted by Gasteiger charge is 2.32. The number of methoxy groups -OCH3 is 2. The zero-order valence-corrected chi connectivity index (χ0v) is 23.7. The number of benzene rings is 2. The fraction of sp³-hybridized carbons (Fsp3) is 0.462. The standard InChI is InChI=1S/C26H36ClN3O6S/c1-7-22(26(32)28-15-18(2)3)29(16-19-8-10-20(27)11-9-19)25(31)17-30(37(6,33)34)23-14-21(35-4)12-13-24(23)36-5/h8-14,18,22H,7,15-17H2,1-6H3,(H,28,32). The number of anilines is 1. The largest absolute Gasteiger partial charge is 0.497 e. The summed E-state index contributed by atoms with van der Waals surface area (Å²) in [6.07, 6.45) is 1.35. The summed E-state index contributed by atoms with van der Waals surface area (Å²) in [4.78, 5) is 28.3. The molecule has 2 aromatic carbocycles. The zero-order chi connectivity index (χ0) is 27.8. The second kappa shape index (κ2) is 13.5. The maximum atomic E-state index is 13.8. The van der Waals surface area contributed by atoms with Crippen molar-refractivity contribution in [1.29, 1.82) is 0 Å². The van der Waals surface area contributed by atoms with Crippen molar-refractivity contribution in [1.82, 2.24) is 10.2 Å². The summed E-state index contributed by atoms with van der Waals surface area (Å²) in [5.74, 6) is 0.0303. The van der Waals surface area contributed by atoms with Crippen LogP contribution in [-0.2, 0) is 26.2 Å². The van der Waals surface area contributed by atoms with Crippen LogP contribution in [0.25, 0.3) is 0 Å². The van der Waals surface area contributed by atoms with Crippen molar-refractivity contribution in [3.8, 4) is 11.5 Å².